The van der Waals surface area contributed by atoms with Crippen LogP contribution in [-0.2, 0) is 14.8 Å². The van der Waals surface area contributed by atoms with Gasteiger partial charge >= 0.3 is 0 Å². The van der Waals surface area contributed by atoms with Crippen LogP contribution >= 0.6 is 0 Å². The Balaban J connectivity index is 2.56. The summed E-state index contributed by atoms with van der Waals surface area (Å²) in [6.45, 7) is 11.0. The van der Waals surface area contributed by atoms with Crippen LogP contribution in [0.2, 0.25) is 0 Å². The molecule has 1 aliphatic heterocycles. The molecule has 1 aromatic carbocycles. The molecule has 0 bridgehead atoms. The minimum Gasteiger partial charge on any atom is -0.298 e. The smallest absolute Gasteiger partial charge is 0.244 e. The molecule has 0 aromatic heterocycles. The van der Waals surface area contributed by atoms with Crippen molar-refractivity contribution in [2.75, 3.05) is 0 Å². The maximum absolute atomic E-state index is 13.2. The first-order valence-electron chi connectivity index (χ1n) is 7.83. The molecule has 0 N–H and O–H groups in total. The molecule has 0 aliphatic carbocycles. The largest absolute Gasteiger partial charge is 0.298 e. The molecule has 0 unspecified atom stereocenters. The van der Waals surface area contributed by atoms with Gasteiger partial charge in [0.1, 0.15) is 5.78 Å². The van der Waals surface area contributed by atoms with Gasteiger partial charge in [-0.05, 0) is 44.2 Å². The van der Waals surface area contributed by atoms with Crippen molar-refractivity contribution in [2.45, 2.75) is 57.5 Å². The lowest BCUT2D eigenvalue weighted by molar-refractivity contribution is -0.122. The maximum Gasteiger partial charge on any atom is 0.244 e. The molecule has 1 aromatic rings. The summed E-state index contributed by atoms with van der Waals surface area (Å²) < 4.78 is 27.8. The Morgan fingerprint density at radius 1 is 1.35 bits per heavy atom. The molecule has 0 radical (unpaired) electrons. The highest BCUT2D eigenvalue weighted by molar-refractivity contribution is 7.89. The third-order valence-electron chi connectivity index (χ3n) is 4.54. The summed E-state index contributed by atoms with van der Waals surface area (Å²) in [6.07, 6.45) is 2.91. The molecule has 5 heteroatoms. The van der Waals surface area contributed by atoms with Crippen LogP contribution in [0, 0.1) is 12.3 Å². The van der Waals surface area contributed by atoms with Crippen LogP contribution in [0.5, 0.6) is 0 Å². The van der Waals surface area contributed by atoms with Crippen LogP contribution in [0.15, 0.2) is 41.8 Å². The molecule has 0 spiro atoms. The first kappa shape index (κ1) is 17.9. The lowest BCUT2D eigenvalue weighted by Crippen LogP contribution is -2.47. The van der Waals surface area contributed by atoms with Gasteiger partial charge in [0, 0.05) is 6.04 Å². The number of ketones is 1. The van der Waals surface area contributed by atoms with Gasteiger partial charge in [-0.15, -0.1) is 6.58 Å². The molecular weight excluding hydrogens is 310 g/mol. The van der Waals surface area contributed by atoms with Gasteiger partial charge in [0.05, 0.1) is 10.9 Å². The van der Waals surface area contributed by atoms with Crippen LogP contribution in [-0.4, -0.2) is 30.6 Å². The molecule has 1 heterocycles. The minimum absolute atomic E-state index is 0.114. The van der Waals surface area contributed by atoms with Crippen molar-refractivity contribution >= 4 is 15.8 Å². The standard InChI is InChI=1S/C18H25NO3S/c1-6-7-15-12-18(4,5)17(14(3)20)19(15)23(21,22)16-10-8-13(2)9-11-16/h6,8-11,15,17H,1,7,12H2,2-5H3/t15-,17+/m0/s1. The van der Waals surface area contributed by atoms with Crippen LogP contribution < -0.4 is 0 Å². The SMILES string of the molecule is C=CC[C@H]1CC(C)(C)[C@@H](C(C)=O)N1S(=O)(=O)c1ccc(C)cc1. The first-order chi connectivity index (χ1) is 10.6. The maximum atomic E-state index is 13.2. The van der Waals surface area contributed by atoms with E-state index in [1.807, 2.05) is 20.8 Å². The molecule has 1 aliphatic rings. The van der Waals surface area contributed by atoms with E-state index in [1.165, 1.54) is 11.2 Å². The number of benzene rings is 1. The Bertz CT molecular complexity index is 704. The summed E-state index contributed by atoms with van der Waals surface area (Å²) in [7, 11) is -3.73. The van der Waals surface area contributed by atoms with Gasteiger partial charge in [-0.25, -0.2) is 8.42 Å². The normalized spacial score (nSPS) is 24.5. The fourth-order valence-electron chi connectivity index (χ4n) is 3.64. The number of carbonyl (C=O) groups is 1. The van der Waals surface area contributed by atoms with Gasteiger partial charge in [-0.1, -0.05) is 37.6 Å². The summed E-state index contributed by atoms with van der Waals surface area (Å²) in [6, 6.07) is 5.90. The zero-order valence-corrected chi connectivity index (χ0v) is 15.1. The number of carbonyl (C=O) groups excluding carboxylic acids is 1. The van der Waals surface area contributed by atoms with Gasteiger partial charge in [0.25, 0.3) is 0 Å². The Kier molecular flexibility index (Phi) is 4.83. The second-order valence-electron chi connectivity index (χ2n) is 7.03. The monoisotopic (exact) mass is 335 g/mol. The number of sulfonamides is 1. The van der Waals surface area contributed by atoms with E-state index in [9.17, 15) is 13.2 Å². The number of hydrogen-bond acceptors (Lipinski definition) is 3. The highest BCUT2D eigenvalue weighted by Crippen LogP contribution is 2.44. The van der Waals surface area contributed by atoms with Crippen molar-refractivity contribution in [3.05, 3.63) is 42.5 Å². The second-order valence-corrected chi connectivity index (χ2v) is 8.88. The first-order valence-corrected chi connectivity index (χ1v) is 9.27. The van der Waals surface area contributed by atoms with E-state index in [1.54, 1.807) is 30.3 Å². The van der Waals surface area contributed by atoms with Crippen LogP contribution in [0.4, 0.5) is 0 Å². The van der Waals surface area contributed by atoms with E-state index in [-0.39, 0.29) is 16.7 Å². The molecule has 1 fully saturated rings. The molecule has 0 saturated carbocycles. The number of rotatable bonds is 5. The molecular formula is C18H25NO3S. The van der Waals surface area contributed by atoms with Crippen LogP contribution in [0.1, 0.15) is 39.2 Å². The zero-order valence-electron chi connectivity index (χ0n) is 14.2. The number of aryl methyl sites for hydroxylation is 1. The Labute approximate surface area is 139 Å². The molecule has 1 saturated heterocycles. The number of nitrogens with zero attached hydrogens (tertiary/aromatic N) is 1. The average molecular weight is 335 g/mol. The fraction of sp³-hybridized carbons (Fsp3) is 0.500. The molecule has 4 nitrogen and oxygen atoms in total. The predicted octanol–water partition coefficient (Wildman–Crippen LogP) is 3.32. The van der Waals surface area contributed by atoms with Crippen molar-refractivity contribution in [1.82, 2.24) is 4.31 Å². The molecule has 0 amide bonds. The van der Waals surface area contributed by atoms with Crippen molar-refractivity contribution in [2.24, 2.45) is 5.41 Å². The number of Topliss-reactive ketones (excluding diaryl/α,β-unsaturated/α-hetero) is 1. The van der Waals surface area contributed by atoms with Crippen LogP contribution in [0.25, 0.3) is 0 Å². The average Bonchev–Trinajstić information content (AvgIpc) is 2.71. The second kappa shape index (κ2) is 6.21. The fourth-order valence-corrected chi connectivity index (χ4v) is 5.63. The third-order valence-corrected chi connectivity index (χ3v) is 6.47. The Morgan fingerprint density at radius 3 is 2.39 bits per heavy atom. The van der Waals surface area contributed by atoms with E-state index >= 15 is 0 Å². The van der Waals surface area contributed by atoms with Gasteiger partial charge < -0.3 is 0 Å². The highest BCUT2D eigenvalue weighted by atomic mass is 32.2. The van der Waals surface area contributed by atoms with Crippen molar-refractivity contribution < 1.29 is 13.2 Å². The lowest BCUT2D eigenvalue weighted by atomic mass is 9.82. The lowest BCUT2D eigenvalue weighted by Gasteiger charge is -2.31. The Hall–Kier alpha value is -1.46. The van der Waals surface area contributed by atoms with Gasteiger partial charge in [-0.3, -0.25) is 4.79 Å². The quantitative estimate of drug-likeness (QED) is 0.776. The van der Waals surface area contributed by atoms with E-state index in [4.69, 9.17) is 0 Å². The summed E-state index contributed by atoms with van der Waals surface area (Å²) in [5.41, 5.74) is 0.605. The summed E-state index contributed by atoms with van der Waals surface area (Å²) in [4.78, 5) is 12.5. The van der Waals surface area contributed by atoms with Crippen molar-refractivity contribution in [3.63, 3.8) is 0 Å². The van der Waals surface area contributed by atoms with E-state index < -0.39 is 21.5 Å². The molecule has 126 valence electrons. The summed E-state index contributed by atoms with van der Waals surface area (Å²) >= 11 is 0. The van der Waals surface area contributed by atoms with E-state index in [0.29, 0.717) is 12.8 Å². The van der Waals surface area contributed by atoms with Gasteiger partial charge in [-0.2, -0.15) is 4.31 Å². The van der Waals surface area contributed by atoms with Crippen molar-refractivity contribution in [3.8, 4) is 0 Å². The van der Waals surface area contributed by atoms with Crippen molar-refractivity contribution in [1.29, 1.82) is 0 Å². The Morgan fingerprint density at radius 2 is 1.91 bits per heavy atom. The molecule has 23 heavy (non-hydrogen) atoms. The summed E-state index contributed by atoms with van der Waals surface area (Å²) in [5.74, 6) is -0.114. The third kappa shape index (κ3) is 3.26. The zero-order chi connectivity index (χ0) is 17.4. The summed E-state index contributed by atoms with van der Waals surface area (Å²) in [5, 5.41) is 0. The van der Waals surface area contributed by atoms with Gasteiger partial charge in [0.2, 0.25) is 10.0 Å². The minimum atomic E-state index is -3.73. The van der Waals surface area contributed by atoms with E-state index in [2.05, 4.69) is 6.58 Å². The molecule has 2 atom stereocenters. The predicted molar refractivity (Wildman–Crippen MR) is 91.7 cm³/mol. The van der Waals surface area contributed by atoms with Crippen LogP contribution in [0.3, 0.4) is 0 Å². The number of hydrogen-bond donors (Lipinski definition) is 0. The molecule has 2 rings (SSSR count). The topological polar surface area (TPSA) is 54.5 Å². The highest BCUT2D eigenvalue weighted by Gasteiger charge is 2.53. The van der Waals surface area contributed by atoms with E-state index in [0.717, 1.165) is 5.56 Å². The van der Waals surface area contributed by atoms with Gasteiger partial charge in [0.15, 0.2) is 0 Å².